The zero-order valence-electron chi connectivity index (χ0n) is 11.6. The van der Waals surface area contributed by atoms with E-state index in [4.69, 9.17) is 5.73 Å². The summed E-state index contributed by atoms with van der Waals surface area (Å²) in [5, 5.41) is 0. The minimum Gasteiger partial charge on any atom is -0.329 e. The lowest BCUT2D eigenvalue weighted by Gasteiger charge is -2.38. The van der Waals surface area contributed by atoms with Crippen LogP contribution in [0.2, 0.25) is 0 Å². The van der Waals surface area contributed by atoms with Gasteiger partial charge in [0.25, 0.3) is 0 Å². The van der Waals surface area contributed by atoms with Gasteiger partial charge < -0.3 is 5.73 Å². The molecule has 0 radical (unpaired) electrons. The summed E-state index contributed by atoms with van der Waals surface area (Å²) in [4.78, 5) is 3.89. The van der Waals surface area contributed by atoms with Gasteiger partial charge in [0.05, 0.1) is 0 Å². The van der Waals surface area contributed by atoms with Crippen LogP contribution >= 0.6 is 11.8 Å². The second-order valence-electron chi connectivity index (χ2n) is 5.63. The van der Waals surface area contributed by atoms with Crippen molar-refractivity contribution in [3.8, 4) is 0 Å². The van der Waals surface area contributed by atoms with Crippen molar-refractivity contribution in [2.24, 2.45) is 5.73 Å². The first-order valence-electron chi connectivity index (χ1n) is 6.69. The lowest BCUT2D eigenvalue weighted by Crippen LogP contribution is -2.43. The van der Waals surface area contributed by atoms with E-state index in [2.05, 4.69) is 49.3 Å². The fraction of sp³-hybridized carbons (Fsp3) is 0.600. The van der Waals surface area contributed by atoms with Crippen molar-refractivity contribution in [2.75, 3.05) is 19.3 Å². The molecular weight excluding hydrogens is 240 g/mol. The van der Waals surface area contributed by atoms with Gasteiger partial charge in [-0.25, -0.2) is 0 Å². The number of nitrogens with zero attached hydrogens (tertiary/aromatic N) is 1. The van der Waals surface area contributed by atoms with Gasteiger partial charge in [0.1, 0.15) is 0 Å². The average molecular weight is 264 g/mol. The highest BCUT2D eigenvalue weighted by Crippen LogP contribution is 2.36. The third kappa shape index (κ3) is 2.73. The Bertz CT molecular complexity index is 386. The van der Waals surface area contributed by atoms with Gasteiger partial charge in [0.15, 0.2) is 0 Å². The summed E-state index contributed by atoms with van der Waals surface area (Å²) in [6, 6.07) is 9.23. The van der Waals surface area contributed by atoms with Crippen LogP contribution in [-0.4, -0.2) is 29.8 Å². The third-order valence-electron chi connectivity index (χ3n) is 4.07. The lowest BCUT2D eigenvalue weighted by atomic mass is 9.97. The summed E-state index contributed by atoms with van der Waals surface area (Å²) in [7, 11) is 0. The quantitative estimate of drug-likeness (QED) is 0.846. The Balaban J connectivity index is 2.22. The van der Waals surface area contributed by atoms with Crippen molar-refractivity contribution in [2.45, 2.75) is 43.2 Å². The average Bonchev–Trinajstić information content (AvgIpc) is 2.71. The fourth-order valence-corrected chi connectivity index (χ4v) is 3.38. The highest BCUT2D eigenvalue weighted by atomic mass is 32.2. The molecule has 18 heavy (non-hydrogen) atoms. The van der Waals surface area contributed by atoms with E-state index in [-0.39, 0.29) is 5.54 Å². The van der Waals surface area contributed by atoms with Crippen LogP contribution in [0.3, 0.4) is 0 Å². The van der Waals surface area contributed by atoms with Crippen molar-refractivity contribution in [3.05, 3.63) is 29.8 Å². The standard InChI is InChI=1S/C15H24N2S/c1-15(2)9-4-10-17(15)14(11-16)12-5-7-13(18-3)8-6-12/h5-8,14H,4,9-11,16H2,1-3H3. The van der Waals surface area contributed by atoms with Crippen molar-refractivity contribution in [1.82, 2.24) is 4.90 Å². The van der Waals surface area contributed by atoms with E-state index in [1.807, 2.05) is 0 Å². The first kappa shape index (κ1) is 13.9. The highest BCUT2D eigenvalue weighted by molar-refractivity contribution is 7.98. The topological polar surface area (TPSA) is 29.3 Å². The summed E-state index contributed by atoms with van der Waals surface area (Å²) in [6.07, 6.45) is 4.66. The molecule has 3 heteroatoms. The molecule has 1 fully saturated rings. The van der Waals surface area contributed by atoms with E-state index in [0.29, 0.717) is 12.6 Å². The van der Waals surface area contributed by atoms with Crippen molar-refractivity contribution < 1.29 is 0 Å². The molecule has 1 aliphatic heterocycles. The van der Waals surface area contributed by atoms with Crippen molar-refractivity contribution >= 4 is 11.8 Å². The van der Waals surface area contributed by atoms with Crippen LogP contribution in [0.25, 0.3) is 0 Å². The molecule has 0 aromatic heterocycles. The molecule has 0 saturated carbocycles. The van der Waals surface area contributed by atoms with Crippen molar-refractivity contribution in [3.63, 3.8) is 0 Å². The molecule has 100 valence electrons. The van der Waals surface area contributed by atoms with E-state index >= 15 is 0 Å². The zero-order chi connectivity index (χ0) is 13.2. The van der Waals surface area contributed by atoms with Gasteiger partial charge in [0, 0.05) is 23.0 Å². The van der Waals surface area contributed by atoms with E-state index in [0.717, 1.165) is 0 Å². The summed E-state index contributed by atoms with van der Waals surface area (Å²) < 4.78 is 0. The van der Waals surface area contributed by atoms with E-state index < -0.39 is 0 Å². The monoisotopic (exact) mass is 264 g/mol. The predicted octanol–water partition coefficient (Wildman–Crippen LogP) is 3.28. The maximum absolute atomic E-state index is 6.03. The van der Waals surface area contributed by atoms with E-state index in [1.165, 1.54) is 29.8 Å². The van der Waals surface area contributed by atoms with Crippen LogP contribution < -0.4 is 5.73 Å². The summed E-state index contributed by atoms with van der Waals surface area (Å²) in [5.74, 6) is 0. The van der Waals surface area contributed by atoms with E-state index in [9.17, 15) is 0 Å². The minimum atomic E-state index is 0.280. The molecule has 1 aliphatic rings. The zero-order valence-corrected chi connectivity index (χ0v) is 12.5. The number of hydrogen-bond acceptors (Lipinski definition) is 3. The second-order valence-corrected chi connectivity index (χ2v) is 6.51. The lowest BCUT2D eigenvalue weighted by molar-refractivity contribution is 0.119. The molecule has 1 atom stereocenters. The number of rotatable bonds is 4. The minimum absolute atomic E-state index is 0.280. The summed E-state index contributed by atoms with van der Waals surface area (Å²) >= 11 is 1.78. The first-order valence-corrected chi connectivity index (χ1v) is 7.92. The number of thioether (sulfide) groups is 1. The van der Waals surface area contributed by atoms with Gasteiger partial charge in [-0.3, -0.25) is 4.90 Å². The molecule has 0 bridgehead atoms. The normalized spacial score (nSPS) is 21.1. The van der Waals surface area contributed by atoms with Gasteiger partial charge >= 0.3 is 0 Å². The number of nitrogens with two attached hydrogens (primary N) is 1. The van der Waals surface area contributed by atoms with Gasteiger partial charge in [0.2, 0.25) is 0 Å². The maximum Gasteiger partial charge on any atom is 0.0475 e. The summed E-state index contributed by atoms with van der Waals surface area (Å²) in [6.45, 7) is 6.53. The van der Waals surface area contributed by atoms with Gasteiger partial charge in [-0.1, -0.05) is 12.1 Å². The number of likely N-dealkylation sites (tertiary alicyclic amines) is 1. The largest absolute Gasteiger partial charge is 0.329 e. The Morgan fingerprint density at radius 2 is 2.00 bits per heavy atom. The van der Waals surface area contributed by atoms with E-state index in [1.54, 1.807) is 11.8 Å². The molecule has 2 N–H and O–H groups in total. The molecule has 2 nitrogen and oxygen atoms in total. The van der Waals surface area contributed by atoms with Crippen LogP contribution in [0.5, 0.6) is 0 Å². The molecule has 1 saturated heterocycles. The molecule has 2 rings (SSSR count). The van der Waals surface area contributed by atoms with Crippen LogP contribution in [0.4, 0.5) is 0 Å². The Labute approximate surface area is 115 Å². The Morgan fingerprint density at radius 1 is 1.33 bits per heavy atom. The molecule has 1 heterocycles. The molecule has 1 unspecified atom stereocenters. The van der Waals surface area contributed by atoms with Crippen LogP contribution in [0, 0.1) is 0 Å². The third-order valence-corrected chi connectivity index (χ3v) is 4.81. The maximum atomic E-state index is 6.03. The highest BCUT2D eigenvalue weighted by Gasteiger charge is 2.36. The molecule has 0 spiro atoms. The molecular formula is C15H24N2S. The number of benzene rings is 1. The van der Waals surface area contributed by atoms with Crippen molar-refractivity contribution in [1.29, 1.82) is 0 Å². The van der Waals surface area contributed by atoms with Gasteiger partial charge in [-0.05, 0) is 57.2 Å². The Morgan fingerprint density at radius 3 is 2.44 bits per heavy atom. The Kier molecular flexibility index (Phi) is 4.36. The van der Waals surface area contributed by atoms with Gasteiger partial charge in [-0.15, -0.1) is 11.8 Å². The van der Waals surface area contributed by atoms with Gasteiger partial charge in [-0.2, -0.15) is 0 Å². The molecule has 0 amide bonds. The molecule has 1 aromatic rings. The van der Waals surface area contributed by atoms with Crippen LogP contribution in [-0.2, 0) is 0 Å². The second kappa shape index (κ2) is 5.64. The predicted molar refractivity (Wildman–Crippen MR) is 80.0 cm³/mol. The van der Waals surface area contributed by atoms with Crippen LogP contribution in [0.15, 0.2) is 29.2 Å². The SMILES string of the molecule is CSc1ccc(C(CN)N2CCCC2(C)C)cc1. The smallest absolute Gasteiger partial charge is 0.0475 e. The number of hydrogen-bond donors (Lipinski definition) is 1. The van der Waals surface area contributed by atoms with Crippen LogP contribution in [0.1, 0.15) is 38.3 Å². The molecule has 1 aromatic carbocycles. The fourth-order valence-electron chi connectivity index (χ4n) is 2.98. The first-order chi connectivity index (χ1) is 8.58. The summed E-state index contributed by atoms with van der Waals surface area (Å²) in [5.41, 5.74) is 7.66. The molecule has 0 aliphatic carbocycles. The Hall–Kier alpha value is -0.510.